The minimum absolute atomic E-state index is 0.0792. The van der Waals surface area contributed by atoms with Gasteiger partial charge in [0.1, 0.15) is 11.9 Å². The fraction of sp³-hybridized carbons (Fsp3) is 0.286. The van der Waals surface area contributed by atoms with Gasteiger partial charge in [-0.05, 0) is 31.5 Å². The molecule has 108 valence electrons. The first-order valence-electron chi connectivity index (χ1n) is 6.08. The summed E-state index contributed by atoms with van der Waals surface area (Å²) in [4.78, 5) is 23.4. The number of benzene rings is 1. The number of ether oxygens (including phenoxy) is 1. The molecule has 2 amide bonds. The van der Waals surface area contributed by atoms with Crippen molar-refractivity contribution in [3.05, 3.63) is 42.0 Å². The number of nitrogens with one attached hydrogen (secondary N) is 2. The van der Waals surface area contributed by atoms with Crippen molar-refractivity contribution in [1.29, 1.82) is 0 Å². The molecule has 3 N–H and O–H groups in total. The number of amides is 2. The number of hydrogen-bond acceptors (Lipinski definition) is 4. The SMILES string of the molecule is C=CCOC(C)C(=O)NNC(=O)c1ccc(C)cc1O. The number of carbonyl (C=O) groups is 2. The molecule has 0 bridgehead atoms. The Bertz CT molecular complexity index is 514. The molecule has 0 saturated carbocycles. The summed E-state index contributed by atoms with van der Waals surface area (Å²) in [6.07, 6.45) is 0.798. The molecule has 0 fully saturated rings. The number of hydrogen-bond donors (Lipinski definition) is 3. The first kappa shape index (κ1) is 15.7. The molecule has 0 aliphatic heterocycles. The lowest BCUT2D eigenvalue weighted by molar-refractivity contribution is -0.131. The Morgan fingerprint density at radius 2 is 2.15 bits per heavy atom. The van der Waals surface area contributed by atoms with E-state index in [0.717, 1.165) is 5.56 Å². The van der Waals surface area contributed by atoms with Gasteiger partial charge in [-0.15, -0.1) is 6.58 Å². The molecule has 0 saturated heterocycles. The summed E-state index contributed by atoms with van der Waals surface area (Å²) in [6.45, 7) is 7.05. The summed E-state index contributed by atoms with van der Waals surface area (Å²) in [7, 11) is 0. The second kappa shape index (κ2) is 7.30. The van der Waals surface area contributed by atoms with Crippen LogP contribution in [0.15, 0.2) is 30.9 Å². The minimum Gasteiger partial charge on any atom is -0.507 e. The zero-order chi connectivity index (χ0) is 15.1. The van der Waals surface area contributed by atoms with Crippen LogP contribution in [0.4, 0.5) is 0 Å². The summed E-state index contributed by atoms with van der Waals surface area (Å²) in [6, 6.07) is 4.63. The van der Waals surface area contributed by atoms with Gasteiger partial charge in [-0.25, -0.2) is 0 Å². The highest BCUT2D eigenvalue weighted by Crippen LogP contribution is 2.17. The maximum atomic E-state index is 11.8. The van der Waals surface area contributed by atoms with Crippen LogP contribution in [0, 0.1) is 6.92 Å². The summed E-state index contributed by atoms with van der Waals surface area (Å²) in [5.41, 5.74) is 5.34. The summed E-state index contributed by atoms with van der Waals surface area (Å²) in [5, 5.41) is 9.64. The Morgan fingerprint density at radius 3 is 2.75 bits per heavy atom. The second-order valence-corrected chi connectivity index (χ2v) is 4.23. The largest absolute Gasteiger partial charge is 0.507 e. The average molecular weight is 278 g/mol. The smallest absolute Gasteiger partial charge is 0.273 e. The van der Waals surface area contributed by atoms with Crippen LogP contribution in [0.25, 0.3) is 0 Å². The van der Waals surface area contributed by atoms with Gasteiger partial charge in [-0.1, -0.05) is 12.1 Å². The first-order valence-corrected chi connectivity index (χ1v) is 6.08. The Hall–Kier alpha value is -2.34. The Balaban J connectivity index is 2.54. The Kier molecular flexibility index (Phi) is 5.74. The normalized spacial score (nSPS) is 11.5. The van der Waals surface area contributed by atoms with Crippen molar-refractivity contribution in [2.45, 2.75) is 20.0 Å². The highest BCUT2D eigenvalue weighted by molar-refractivity contribution is 5.98. The molecular formula is C14H18N2O4. The van der Waals surface area contributed by atoms with Gasteiger partial charge in [0, 0.05) is 0 Å². The summed E-state index contributed by atoms with van der Waals surface area (Å²) in [5.74, 6) is -1.24. The fourth-order valence-corrected chi connectivity index (χ4v) is 1.41. The van der Waals surface area contributed by atoms with E-state index in [2.05, 4.69) is 17.4 Å². The molecule has 0 heterocycles. The lowest BCUT2D eigenvalue weighted by Crippen LogP contribution is -2.46. The third-order valence-electron chi connectivity index (χ3n) is 2.53. The number of carbonyl (C=O) groups excluding carboxylic acids is 2. The number of phenolic OH excluding ortho intramolecular Hbond substituents is 1. The third kappa shape index (κ3) is 4.40. The number of rotatable bonds is 5. The Labute approximate surface area is 117 Å². The summed E-state index contributed by atoms with van der Waals surface area (Å²) >= 11 is 0. The highest BCUT2D eigenvalue weighted by atomic mass is 16.5. The van der Waals surface area contributed by atoms with Crippen molar-refractivity contribution in [3.63, 3.8) is 0 Å². The number of aromatic hydroxyl groups is 1. The van der Waals surface area contributed by atoms with Gasteiger partial charge in [0.05, 0.1) is 12.2 Å². The zero-order valence-corrected chi connectivity index (χ0v) is 11.5. The monoisotopic (exact) mass is 278 g/mol. The van der Waals surface area contributed by atoms with Gasteiger partial charge in [-0.3, -0.25) is 20.4 Å². The van der Waals surface area contributed by atoms with E-state index < -0.39 is 17.9 Å². The highest BCUT2D eigenvalue weighted by Gasteiger charge is 2.15. The maximum Gasteiger partial charge on any atom is 0.273 e. The van der Waals surface area contributed by atoms with Crippen molar-refractivity contribution in [1.82, 2.24) is 10.9 Å². The molecule has 1 atom stereocenters. The standard InChI is InChI=1S/C14H18N2O4/c1-4-7-20-10(3)13(18)15-16-14(19)11-6-5-9(2)8-12(11)17/h4-6,8,10,17H,1,7H2,2-3H3,(H,15,18)(H,16,19). The van der Waals surface area contributed by atoms with E-state index in [0.29, 0.717) is 0 Å². The molecule has 1 rings (SSSR count). The maximum absolute atomic E-state index is 11.8. The van der Waals surface area contributed by atoms with Crippen LogP contribution in [0.3, 0.4) is 0 Å². The lowest BCUT2D eigenvalue weighted by atomic mass is 10.1. The van der Waals surface area contributed by atoms with E-state index in [9.17, 15) is 14.7 Å². The van der Waals surface area contributed by atoms with E-state index in [1.54, 1.807) is 19.9 Å². The average Bonchev–Trinajstić information content (AvgIpc) is 2.41. The van der Waals surface area contributed by atoms with Gasteiger partial charge in [0.15, 0.2) is 0 Å². The molecule has 0 radical (unpaired) electrons. The molecule has 0 spiro atoms. The zero-order valence-electron chi connectivity index (χ0n) is 11.5. The van der Waals surface area contributed by atoms with Crippen molar-refractivity contribution in [2.75, 3.05) is 6.61 Å². The van der Waals surface area contributed by atoms with E-state index in [1.165, 1.54) is 18.2 Å². The van der Waals surface area contributed by atoms with E-state index in [1.807, 2.05) is 0 Å². The summed E-state index contributed by atoms with van der Waals surface area (Å²) < 4.78 is 5.10. The predicted octanol–water partition coefficient (Wildman–Crippen LogP) is 1.05. The van der Waals surface area contributed by atoms with Crippen molar-refractivity contribution >= 4 is 11.8 Å². The lowest BCUT2D eigenvalue weighted by Gasteiger charge is -2.13. The van der Waals surface area contributed by atoms with Crippen LogP contribution in [-0.2, 0) is 9.53 Å². The van der Waals surface area contributed by atoms with Crippen LogP contribution < -0.4 is 10.9 Å². The second-order valence-electron chi connectivity index (χ2n) is 4.23. The van der Waals surface area contributed by atoms with Crippen LogP contribution in [0.1, 0.15) is 22.8 Å². The quantitative estimate of drug-likeness (QED) is 0.555. The first-order chi connectivity index (χ1) is 9.45. The predicted molar refractivity (Wildman–Crippen MR) is 74.1 cm³/mol. The van der Waals surface area contributed by atoms with Gasteiger partial charge in [0.2, 0.25) is 0 Å². The fourth-order valence-electron chi connectivity index (χ4n) is 1.41. The van der Waals surface area contributed by atoms with E-state index in [-0.39, 0.29) is 17.9 Å². The molecule has 6 nitrogen and oxygen atoms in total. The Morgan fingerprint density at radius 1 is 1.45 bits per heavy atom. The number of phenols is 1. The van der Waals surface area contributed by atoms with Crippen LogP contribution in [0.2, 0.25) is 0 Å². The number of hydrazine groups is 1. The van der Waals surface area contributed by atoms with E-state index >= 15 is 0 Å². The van der Waals surface area contributed by atoms with Crippen LogP contribution >= 0.6 is 0 Å². The van der Waals surface area contributed by atoms with Gasteiger partial charge in [-0.2, -0.15) is 0 Å². The topological polar surface area (TPSA) is 87.7 Å². The van der Waals surface area contributed by atoms with Crippen LogP contribution in [-0.4, -0.2) is 29.6 Å². The molecule has 1 aromatic carbocycles. The molecule has 1 unspecified atom stereocenters. The molecule has 0 aliphatic carbocycles. The van der Waals surface area contributed by atoms with E-state index in [4.69, 9.17) is 4.74 Å². The van der Waals surface area contributed by atoms with Gasteiger partial charge < -0.3 is 9.84 Å². The molecule has 0 aromatic heterocycles. The molecule has 6 heteroatoms. The molecular weight excluding hydrogens is 260 g/mol. The van der Waals surface area contributed by atoms with Crippen LogP contribution in [0.5, 0.6) is 5.75 Å². The van der Waals surface area contributed by atoms with Crippen molar-refractivity contribution in [2.24, 2.45) is 0 Å². The van der Waals surface area contributed by atoms with Crippen molar-refractivity contribution < 1.29 is 19.4 Å². The molecule has 0 aliphatic rings. The van der Waals surface area contributed by atoms with Gasteiger partial charge in [0.25, 0.3) is 11.8 Å². The molecule has 20 heavy (non-hydrogen) atoms. The molecule has 1 aromatic rings. The minimum atomic E-state index is -0.722. The van der Waals surface area contributed by atoms with Crippen molar-refractivity contribution in [3.8, 4) is 5.75 Å². The number of aryl methyl sites for hydroxylation is 1. The van der Waals surface area contributed by atoms with Gasteiger partial charge >= 0.3 is 0 Å². The third-order valence-corrected chi connectivity index (χ3v) is 2.53.